The molecule has 1 saturated carbocycles. The van der Waals surface area contributed by atoms with Gasteiger partial charge in [-0.15, -0.1) is 0 Å². The summed E-state index contributed by atoms with van der Waals surface area (Å²) in [6.07, 6.45) is 6.87. The molecule has 4 N–H and O–H groups in total. The predicted molar refractivity (Wildman–Crippen MR) is 90.5 cm³/mol. The Bertz CT molecular complexity index is 579. The Morgan fingerprint density at radius 3 is 2.75 bits per heavy atom. The zero-order valence-electron chi connectivity index (χ0n) is 14.5. The number of ether oxygens (including phenoxy) is 1. The van der Waals surface area contributed by atoms with Crippen LogP contribution in [0.1, 0.15) is 46.5 Å². The van der Waals surface area contributed by atoms with E-state index >= 15 is 0 Å². The smallest absolute Gasteiger partial charge is 0.407 e. The molecule has 0 aliphatic heterocycles. The number of carbonyl (C=O) groups excluding carboxylic acids is 2. The molecule has 0 spiro atoms. The minimum Gasteiger partial charge on any atom is -0.444 e. The first kappa shape index (κ1) is 18.1. The largest absolute Gasteiger partial charge is 0.444 e. The van der Waals surface area contributed by atoms with E-state index in [1.165, 1.54) is 4.68 Å². The second-order valence-corrected chi connectivity index (χ2v) is 7.24. The molecule has 1 fully saturated rings. The van der Waals surface area contributed by atoms with Gasteiger partial charge in [-0.25, -0.2) is 4.79 Å². The maximum atomic E-state index is 11.9. The van der Waals surface area contributed by atoms with Crippen LogP contribution in [0, 0.1) is 0 Å². The maximum absolute atomic E-state index is 11.9. The van der Waals surface area contributed by atoms with Gasteiger partial charge in [-0.1, -0.05) is 0 Å². The summed E-state index contributed by atoms with van der Waals surface area (Å²) in [7, 11) is 0. The molecule has 1 aliphatic rings. The number of nitrogens with two attached hydrogens (primary N) is 1. The van der Waals surface area contributed by atoms with Crippen molar-refractivity contribution in [2.24, 2.45) is 5.73 Å². The number of hydrogen-bond acceptors (Lipinski definition) is 5. The molecular formula is C16H27N5O3. The van der Waals surface area contributed by atoms with E-state index in [-0.39, 0.29) is 24.7 Å². The second kappa shape index (κ2) is 7.55. The normalized spacial score (nSPS) is 21.1. The summed E-state index contributed by atoms with van der Waals surface area (Å²) in [4.78, 5) is 22.8. The van der Waals surface area contributed by atoms with Crippen molar-refractivity contribution in [2.45, 2.75) is 70.7 Å². The highest BCUT2D eigenvalue weighted by Crippen LogP contribution is 2.22. The zero-order chi connectivity index (χ0) is 17.7. The zero-order valence-corrected chi connectivity index (χ0v) is 14.5. The third-order valence-corrected chi connectivity index (χ3v) is 3.72. The Kier molecular flexibility index (Phi) is 5.69. The van der Waals surface area contributed by atoms with Crippen molar-refractivity contribution in [3.63, 3.8) is 0 Å². The van der Waals surface area contributed by atoms with E-state index in [1.807, 2.05) is 20.8 Å². The van der Waals surface area contributed by atoms with Gasteiger partial charge >= 0.3 is 6.09 Å². The molecule has 0 saturated heterocycles. The first-order chi connectivity index (χ1) is 11.2. The monoisotopic (exact) mass is 337 g/mol. The van der Waals surface area contributed by atoms with Crippen LogP contribution in [0.3, 0.4) is 0 Å². The van der Waals surface area contributed by atoms with E-state index in [0.29, 0.717) is 0 Å². The summed E-state index contributed by atoms with van der Waals surface area (Å²) < 4.78 is 6.81. The Labute approximate surface area is 142 Å². The van der Waals surface area contributed by atoms with Gasteiger partial charge in [-0.05, 0) is 46.5 Å². The molecule has 8 nitrogen and oxygen atoms in total. The topological polar surface area (TPSA) is 111 Å². The Balaban J connectivity index is 1.83. The van der Waals surface area contributed by atoms with E-state index in [2.05, 4.69) is 15.7 Å². The van der Waals surface area contributed by atoms with E-state index in [1.54, 1.807) is 12.4 Å². The fourth-order valence-electron chi connectivity index (χ4n) is 2.85. The summed E-state index contributed by atoms with van der Waals surface area (Å²) in [5.74, 6) is -0.427. The average molecular weight is 337 g/mol. The van der Waals surface area contributed by atoms with Crippen molar-refractivity contribution in [1.82, 2.24) is 15.1 Å². The molecule has 2 amide bonds. The number of carbonyl (C=O) groups is 2. The molecule has 1 aromatic rings. The van der Waals surface area contributed by atoms with Crippen LogP contribution in [0.25, 0.3) is 0 Å². The highest BCUT2D eigenvalue weighted by atomic mass is 16.6. The molecular weight excluding hydrogens is 310 g/mol. The molecule has 0 aromatic carbocycles. The van der Waals surface area contributed by atoms with Gasteiger partial charge in [0.1, 0.15) is 12.1 Å². The van der Waals surface area contributed by atoms with Crippen LogP contribution in [-0.4, -0.2) is 39.5 Å². The van der Waals surface area contributed by atoms with Gasteiger partial charge in [0.25, 0.3) is 0 Å². The van der Waals surface area contributed by atoms with Gasteiger partial charge in [-0.2, -0.15) is 5.10 Å². The van der Waals surface area contributed by atoms with E-state index in [4.69, 9.17) is 10.5 Å². The number of nitrogens with zero attached hydrogens (tertiary/aromatic N) is 2. The van der Waals surface area contributed by atoms with Gasteiger partial charge in [0.05, 0.1) is 11.9 Å². The summed E-state index contributed by atoms with van der Waals surface area (Å²) in [5, 5.41) is 10.4. The average Bonchev–Trinajstić information content (AvgIpc) is 2.83. The van der Waals surface area contributed by atoms with Gasteiger partial charge in [-0.3, -0.25) is 9.48 Å². The Morgan fingerprint density at radius 2 is 2.08 bits per heavy atom. The lowest BCUT2D eigenvalue weighted by atomic mass is 9.91. The number of alkyl carbamates (subject to hydrolysis) is 1. The van der Waals surface area contributed by atoms with Crippen molar-refractivity contribution >= 4 is 17.7 Å². The number of hydrogen-bond donors (Lipinski definition) is 3. The lowest BCUT2D eigenvalue weighted by Gasteiger charge is -2.31. The third-order valence-electron chi connectivity index (χ3n) is 3.72. The maximum Gasteiger partial charge on any atom is 0.407 e. The fourth-order valence-corrected chi connectivity index (χ4v) is 2.85. The number of amides is 2. The molecule has 2 unspecified atom stereocenters. The SMILES string of the molecule is CC(C)(C)OC(=O)NC1CCCC(Nc2cnn(CC(N)=O)c2)C1. The van der Waals surface area contributed by atoms with Gasteiger partial charge < -0.3 is 21.1 Å². The highest BCUT2D eigenvalue weighted by Gasteiger charge is 2.25. The first-order valence-corrected chi connectivity index (χ1v) is 8.28. The lowest BCUT2D eigenvalue weighted by molar-refractivity contribution is -0.118. The van der Waals surface area contributed by atoms with Crippen molar-refractivity contribution in [3.05, 3.63) is 12.4 Å². The molecule has 1 aromatic heterocycles. The third kappa shape index (κ3) is 6.10. The molecule has 134 valence electrons. The molecule has 0 radical (unpaired) electrons. The van der Waals surface area contributed by atoms with Crippen LogP contribution >= 0.6 is 0 Å². The van der Waals surface area contributed by atoms with Crippen molar-refractivity contribution in [1.29, 1.82) is 0 Å². The minimum absolute atomic E-state index is 0.0647. The van der Waals surface area contributed by atoms with Gasteiger partial charge in [0, 0.05) is 18.3 Å². The lowest BCUT2D eigenvalue weighted by Crippen LogP contribution is -2.43. The Morgan fingerprint density at radius 1 is 1.38 bits per heavy atom. The fraction of sp³-hybridized carbons (Fsp3) is 0.688. The number of nitrogens with one attached hydrogen (secondary N) is 2. The molecule has 8 heteroatoms. The molecule has 1 heterocycles. The van der Waals surface area contributed by atoms with Crippen molar-refractivity contribution in [2.75, 3.05) is 5.32 Å². The summed E-state index contributed by atoms with van der Waals surface area (Å²) in [6.45, 7) is 5.61. The van der Waals surface area contributed by atoms with E-state index < -0.39 is 11.5 Å². The van der Waals surface area contributed by atoms with Crippen molar-refractivity contribution in [3.8, 4) is 0 Å². The number of aromatic nitrogens is 2. The highest BCUT2D eigenvalue weighted by molar-refractivity contribution is 5.73. The van der Waals surface area contributed by atoms with Crippen LogP contribution in [0.4, 0.5) is 10.5 Å². The van der Waals surface area contributed by atoms with Gasteiger partial charge in [0.2, 0.25) is 5.91 Å². The van der Waals surface area contributed by atoms with Crippen LogP contribution in [0.2, 0.25) is 0 Å². The first-order valence-electron chi connectivity index (χ1n) is 8.28. The summed E-state index contributed by atoms with van der Waals surface area (Å²) in [6, 6.07) is 0.330. The van der Waals surface area contributed by atoms with E-state index in [9.17, 15) is 9.59 Å². The molecule has 2 atom stereocenters. The quantitative estimate of drug-likeness (QED) is 0.756. The van der Waals surface area contributed by atoms with Gasteiger partial charge in [0.15, 0.2) is 0 Å². The standard InChI is InChI=1S/C16H27N5O3/c1-16(2,3)24-15(23)20-12-6-4-5-11(7-12)19-13-8-18-21(9-13)10-14(17)22/h8-9,11-12,19H,4-7,10H2,1-3H3,(H2,17,22)(H,20,23). The Hall–Kier alpha value is -2.25. The summed E-state index contributed by atoms with van der Waals surface area (Å²) in [5.41, 5.74) is 5.51. The van der Waals surface area contributed by atoms with Crippen LogP contribution in [-0.2, 0) is 16.1 Å². The van der Waals surface area contributed by atoms with E-state index in [0.717, 1.165) is 31.4 Å². The second-order valence-electron chi connectivity index (χ2n) is 7.24. The van der Waals surface area contributed by atoms with Crippen LogP contribution < -0.4 is 16.4 Å². The number of rotatable bonds is 5. The molecule has 2 rings (SSSR count). The van der Waals surface area contributed by atoms with Crippen LogP contribution in [0.5, 0.6) is 0 Å². The molecule has 1 aliphatic carbocycles. The molecule has 0 bridgehead atoms. The number of primary amides is 1. The summed E-state index contributed by atoms with van der Waals surface area (Å²) >= 11 is 0. The molecule has 24 heavy (non-hydrogen) atoms. The predicted octanol–water partition coefficient (Wildman–Crippen LogP) is 1.62. The minimum atomic E-state index is -0.495. The van der Waals surface area contributed by atoms with Crippen molar-refractivity contribution < 1.29 is 14.3 Å². The number of anilines is 1. The van der Waals surface area contributed by atoms with Crippen LogP contribution in [0.15, 0.2) is 12.4 Å².